The van der Waals surface area contributed by atoms with Gasteiger partial charge in [-0.2, -0.15) is 4.98 Å². The van der Waals surface area contributed by atoms with Crippen molar-refractivity contribution in [2.75, 3.05) is 33.8 Å². The van der Waals surface area contributed by atoms with Crippen molar-refractivity contribution >= 4 is 29.9 Å². The number of rotatable bonds is 6. The van der Waals surface area contributed by atoms with Crippen LogP contribution in [0.15, 0.2) is 33.8 Å². The Labute approximate surface area is 184 Å². The third-order valence-electron chi connectivity index (χ3n) is 4.91. The molecule has 1 aliphatic heterocycles. The summed E-state index contributed by atoms with van der Waals surface area (Å²) in [6, 6.07) is 8.37. The predicted molar refractivity (Wildman–Crippen MR) is 121 cm³/mol. The van der Waals surface area contributed by atoms with Crippen molar-refractivity contribution in [1.82, 2.24) is 20.4 Å². The van der Waals surface area contributed by atoms with Gasteiger partial charge in [-0.1, -0.05) is 31.1 Å². The van der Waals surface area contributed by atoms with E-state index in [0.717, 1.165) is 43.6 Å². The van der Waals surface area contributed by atoms with Crippen LogP contribution < -0.4 is 10.1 Å². The number of methoxy groups -OCH3 is 1. The number of hydrogen-bond acceptors (Lipinski definition) is 5. The van der Waals surface area contributed by atoms with Gasteiger partial charge in [0.15, 0.2) is 11.8 Å². The molecule has 1 fully saturated rings. The molecule has 0 amide bonds. The topological polar surface area (TPSA) is 75.8 Å². The summed E-state index contributed by atoms with van der Waals surface area (Å²) >= 11 is 0. The Kier molecular flexibility index (Phi) is 8.53. The number of aliphatic imine (C=N–C) groups is 1. The number of likely N-dealkylation sites (tertiary alicyclic amines) is 1. The van der Waals surface area contributed by atoms with Gasteiger partial charge >= 0.3 is 0 Å². The normalized spacial score (nSPS) is 17.0. The second kappa shape index (κ2) is 10.6. The summed E-state index contributed by atoms with van der Waals surface area (Å²) in [5.74, 6) is 4.04. The van der Waals surface area contributed by atoms with Gasteiger partial charge in [0.25, 0.3) is 0 Å². The number of ether oxygens (including phenoxy) is 1. The van der Waals surface area contributed by atoms with Crippen LogP contribution in [0.3, 0.4) is 0 Å². The lowest BCUT2D eigenvalue weighted by Gasteiger charge is -2.21. The van der Waals surface area contributed by atoms with E-state index < -0.39 is 0 Å². The molecule has 0 saturated carbocycles. The molecule has 0 bridgehead atoms. The highest BCUT2D eigenvalue weighted by Gasteiger charge is 2.26. The first-order chi connectivity index (χ1) is 13.1. The van der Waals surface area contributed by atoms with Crippen molar-refractivity contribution in [3.63, 3.8) is 0 Å². The monoisotopic (exact) mass is 499 g/mol. The Hall–Kier alpha value is -1.84. The number of benzene rings is 1. The highest BCUT2D eigenvalue weighted by Crippen LogP contribution is 2.28. The molecule has 1 aliphatic rings. The number of nitrogens with one attached hydrogen (secondary N) is 1. The van der Waals surface area contributed by atoms with Crippen LogP contribution in [0, 0.1) is 0 Å². The van der Waals surface area contributed by atoms with Gasteiger partial charge in [0, 0.05) is 44.9 Å². The summed E-state index contributed by atoms with van der Waals surface area (Å²) in [6.45, 7) is 6.79. The van der Waals surface area contributed by atoms with Crippen molar-refractivity contribution in [2.24, 2.45) is 4.99 Å². The Morgan fingerprint density at radius 1 is 1.36 bits per heavy atom. The van der Waals surface area contributed by atoms with E-state index in [1.54, 1.807) is 7.11 Å². The van der Waals surface area contributed by atoms with E-state index in [2.05, 4.69) is 51.3 Å². The van der Waals surface area contributed by atoms with Crippen LogP contribution in [0.5, 0.6) is 5.75 Å². The lowest BCUT2D eigenvalue weighted by atomic mass is 9.98. The van der Waals surface area contributed by atoms with E-state index in [4.69, 9.17) is 9.26 Å². The van der Waals surface area contributed by atoms with Crippen molar-refractivity contribution in [3.8, 4) is 5.75 Å². The first-order valence-electron chi connectivity index (χ1n) is 9.52. The molecule has 1 saturated heterocycles. The van der Waals surface area contributed by atoms with Crippen LogP contribution in [0.4, 0.5) is 0 Å². The molecule has 28 heavy (non-hydrogen) atoms. The molecule has 8 heteroatoms. The molecule has 0 aliphatic carbocycles. The van der Waals surface area contributed by atoms with Crippen LogP contribution in [0.25, 0.3) is 0 Å². The molecule has 1 aromatic heterocycles. The summed E-state index contributed by atoms with van der Waals surface area (Å²) < 4.78 is 10.5. The van der Waals surface area contributed by atoms with Gasteiger partial charge in [-0.3, -0.25) is 4.99 Å². The Morgan fingerprint density at radius 2 is 2.11 bits per heavy atom. The fourth-order valence-electron chi connectivity index (χ4n) is 3.32. The smallest absolute Gasteiger partial charge is 0.228 e. The van der Waals surface area contributed by atoms with E-state index in [9.17, 15) is 0 Å². The van der Waals surface area contributed by atoms with E-state index in [-0.39, 0.29) is 29.9 Å². The fourth-order valence-corrected chi connectivity index (χ4v) is 3.32. The highest BCUT2D eigenvalue weighted by atomic mass is 127. The van der Waals surface area contributed by atoms with Crippen molar-refractivity contribution in [3.05, 3.63) is 41.5 Å². The molecule has 1 N–H and O–H groups in total. The van der Waals surface area contributed by atoms with Gasteiger partial charge in [-0.05, 0) is 24.1 Å². The Morgan fingerprint density at radius 3 is 2.71 bits per heavy atom. The van der Waals surface area contributed by atoms with Gasteiger partial charge < -0.3 is 19.5 Å². The Bertz CT molecular complexity index is 760. The minimum atomic E-state index is 0. The fraction of sp³-hybridized carbons (Fsp3) is 0.550. The van der Waals surface area contributed by atoms with Gasteiger partial charge in [-0.15, -0.1) is 24.0 Å². The van der Waals surface area contributed by atoms with Crippen LogP contribution in [0.2, 0.25) is 0 Å². The van der Waals surface area contributed by atoms with Crippen molar-refractivity contribution in [2.45, 2.75) is 38.5 Å². The molecule has 2 aromatic rings. The maximum atomic E-state index is 5.30. The zero-order valence-electron chi connectivity index (χ0n) is 17.0. The summed E-state index contributed by atoms with van der Waals surface area (Å²) in [5, 5.41) is 7.42. The first-order valence-corrected chi connectivity index (χ1v) is 9.52. The number of aromatic nitrogens is 2. The summed E-state index contributed by atoms with van der Waals surface area (Å²) in [4.78, 5) is 11.2. The molecule has 3 rings (SSSR count). The molecule has 0 spiro atoms. The molecule has 7 nitrogen and oxygen atoms in total. The summed E-state index contributed by atoms with van der Waals surface area (Å²) in [6.07, 6.45) is 1.81. The van der Waals surface area contributed by atoms with Crippen molar-refractivity contribution in [1.29, 1.82) is 0 Å². The summed E-state index contributed by atoms with van der Waals surface area (Å²) in [7, 11) is 3.52. The molecule has 154 valence electrons. The molecule has 0 radical (unpaired) electrons. The number of halogens is 1. The third-order valence-corrected chi connectivity index (χ3v) is 4.91. The lowest BCUT2D eigenvalue weighted by Crippen LogP contribution is -2.40. The van der Waals surface area contributed by atoms with Gasteiger partial charge in [0.1, 0.15) is 5.75 Å². The van der Waals surface area contributed by atoms with Crippen molar-refractivity contribution < 1.29 is 9.26 Å². The second-order valence-corrected chi connectivity index (χ2v) is 7.13. The molecule has 1 aromatic carbocycles. The van der Waals surface area contributed by atoms with Crippen LogP contribution in [0.1, 0.15) is 49.4 Å². The van der Waals surface area contributed by atoms with Crippen LogP contribution >= 0.6 is 24.0 Å². The molecular formula is C20H30IN5O2. The zero-order chi connectivity index (χ0) is 19.2. The number of guanidine groups is 1. The lowest BCUT2D eigenvalue weighted by molar-refractivity contribution is 0.370. The largest absolute Gasteiger partial charge is 0.497 e. The zero-order valence-corrected chi connectivity index (χ0v) is 19.3. The average molecular weight is 499 g/mol. The summed E-state index contributed by atoms with van der Waals surface area (Å²) in [5.41, 5.74) is 1.35. The maximum absolute atomic E-state index is 5.30. The standard InChI is InChI=1S/C20H29N5O2.HI/c1-14(2)19-23-18(27-24-19)9-11-22-20(21-3)25-12-10-16(13-25)15-5-7-17(26-4)8-6-15;/h5-8,14,16H,9-13H2,1-4H3,(H,21,22);1H. The van der Waals surface area contributed by atoms with Gasteiger partial charge in [0.05, 0.1) is 7.11 Å². The molecule has 1 atom stereocenters. The van der Waals surface area contributed by atoms with Gasteiger partial charge in [-0.25, -0.2) is 0 Å². The van der Waals surface area contributed by atoms with E-state index in [1.807, 2.05) is 19.2 Å². The van der Waals surface area contributed by atoms with E-state index in [1.165, 1.54) is 5.56 Å². The number of nitrogens with zero attached hydrogens (tertiary/aromatic N) is 4. The minimum absolute atomic E-state index is 0. The molecule has 1 unspecified atom stereocenters. The van der Waals surface area contributed by atoms with Crippen LogP contribution in [-0.4, -0.2) is 54.8 Å². The van der Waals surface area contributed by atoms with Gasteiger partial charge in [0.2, 0.25) is 5.89 Å². The number of hydrogen-bond donors (Lipinski definition) is 1. The SMILES string of the molecule is CN=C(NCCc1nc(C(C)C)no1)N1CCC(c2ccc(OC)cc2)C1.I. The minimum Gasteiger partial charge on any atom is -0.497 e. The maximum Gasteiger partial charge on any atom is 0.228 e. The van der Waals surface area contributed by atoms with E-state index >= 15 is 0 Å². The molecular weight excluding hydrogens is 469 g/mol. The average Bonchev–Trinajstić information content (AvgIpc) is 3.35. The quantitative estimate of drug-likeness (QED) is 0.373. The third kappa shape index (κ3) is 5.59. The first kappa shape index (κ1) is 22.4. The Balaban J connectivity index is 0.00000280. The molecule has 2 heterocycles. The highest BCUT2D eigenvalue weighted by molar-refractivity contribution is 14.0. The van der Waals surface area contributed by atoms with Crippen LogP contribution in [-0.2, 0) is 6.42 Å². The predicted octanol–water partition coefficient (Wildman–Crippen LogP) is 3.43. The second-order valence-electron chi connectivity index (χ2n) is 7.13. The van der Waals surface area contributed by atoms with E-state index in [0.29, 0.717) is 18.2 Å².